The lowest BCUT2D eigenvalue weighted by Gasteiger charge is -2.09. The lowest BCUT2D eigenvalue weighted by Crippen LogP contribution is -2.12. The van der Waals surface area contributed by atoms with Crippen molar-refractivity contribution in [2.45, 2.75) is 0 Å². The third-order valence-electron chi connectivity index (χ3n) is 2.22. The van der Waals surface area contributed by atoms with Crippen molar-refractivity contribution < 1.29 is 9.47 Å². The van der Waals surface area contributed by atoms with Gasteiger partial charge in [-0.1, -0.05) is 12.1 Å². The van der Waals surface area contributed by atoms with E-state index in [1.54, 1.807) is 7.11 Å². The van der Waals surface area contributed by atoms with Crippen LogP contribution in [0.15, 0.2) is 24.3 Å². The molecule has 1 heterocycles. The highest BCUT2D eigenvalue weighted by molar-refractivity contribution is 5.84. The Bertz CT molecular complexity index is 504. The van der Waals surface area contributed by atoms with E-state index in [1.807, 2.05) is 24.3 Å². The van der Waals surface area contributed by atoms with E-state index in [-0.39, 0.29) is 0 Å². The first kappa shape index (κ1) is 11.6. The van der Waals surface area contributed by atoms with Crippen LogP contribution in [0.25, 0.3) is 10.9 Å². The van der Waals surface area contributed by atoms with Crippen molar-refractivity contribution in [1.29, 1.82) is 0 Å². The Morgan fingerprint density at radius 3 is 2.82 bits per heavy atom. The maximum absolute atomic E-state index is 5.53. The molecule has 1 aromatic heterocycles. The normalized spacial score (nSPS) is 10.5. The number of fused-ring (bicyclic) bond motifs is 1. The van der Waals surface area contributed by atoms with Crippen LogP contribution in [-0.2, 0) is 4.74 Å². The minimum absolute atomic E-state index is 0.330. The van der Waals surface area contributed by atoms with Crippen LogP contribution in [-0.4, -0.2) is 30.3 Å². The number of nitrogens with one attached hydrogen (secondary N) is 1. The molecule has 0 radical (unpaired) electrons. The van der Waals surface area contributed by atoms with E-state index < -0.39 is 0 Å². The fourth-order valence-electron chi connectivity index (χ4n) is 1.44. The molecule has 3 N–H and O–H groups in total. The lowest BCUT2D eigenvalue weighted by atomic mass is 10.2. The highest BCUT2D eigenvalue weighted by Gasteiger charge is 2.07. The van der Waals surface area contributed by atoms with Crippen LogP contribution in [0.2, 0.25) is 0 Å². The van der Waals surface area contributed by atoms with Gasteiger partial charge in [0.25, 0.3) is 0 Å². The number of nitrogens with two attached hydrogens (primary N) is 1. The van der Waals surface area contributed by atoms with Crippen LogP contribution in [0.3, 0.4) is 0 Å². The molecule has 17 heavy (non-hydrogen) atoms. The quantitative estimate of drug-likeness (QED) is 0.455. The zero-order chi connectivity index (χ0) is 12.1. The highest BCUT2D eigenvalue weighted by Crippen LogP contribution is 2.23. The molecule has 0 saturated carbocycles. The summed E-state index contributed by atoms with van der Waals surface area (Å²) in [6.45, 7) is 0.936. The topological polar surface area (TPSA) is 82.3 Å². The summed E-state index contributed by atoms with van der Waals surface area (Å²) in [5, 5.41) is 0.850. The number of hydrogen-bond donors (Lipinski definition) is 2. The van der Waals surface area contributed by atoms with Gasteiger partial charge in [-0.3, -0.25) is 5.43 Å². The van der Waals surface area contributed by atoms with E-state index in [9.17, 15) is 0 Å². The molecule has 2 aromatic rings. The molecule has 0 spiro atoms. The van der Waals surface area contributed by atoms with Gasteiger partial charge in [-0.15, -0.1) is 0 Å². The molecular weight excluding hydrogens is 220 g/mol. The molecule has 1 aromatic carbocycles. The van der Waals surface area contributed by atoms with Gasteiger partial charge in [0, 0.05) is 7.11 Å². The zero-order valence-electron chi connectivity index (χ0n) is 9.51. The van der Waals surface area contributed by atoms with Gasteiger partial charge in [-0.05, 0) is 12.1 Å². The first-order chi connectivity index (χ1) is 8.35. The molecule has 2 rings (SSSR count). The number of nitrogen functional groups attached to an aromatic ring is 1. The van der Waals surface area contributed by atoms with Crippen LogP contribution in [0, 0.1) is 0 Å². The van der Waals surface area contributed by atoms with E-state index in [0.29, 0.717) is 25.0 Å². The number of ether oxygens (including phenoxy) is 2. The standard InChI is InChI=1S/C11H14N4O2/c1-16-6-7-17-10-8-4-2-3-5-9(8)13-11(14-10)15-12/h2-5H,6-7,12H2,1H3,(H,13,14,15). The van der Waals surface area contributed by atoms with Gasteiger partial charge in [-0.25, -0.2) is 10.8 Å². The van der Waals surface area contributed by atoms with Crippen LogP contribution >= 0.6 is 0 Å². The Morgan fingerprint density at radius 2 is 2.06 bits per heavy atom. The van der Waals surface area contributed by atoms with Crippen LogP contribution < -0.4 is 16.0 Å². The molecule has 0 atom stereocenters. The maximum atomic E-state index is 5.53. The van der Waals surface area contributed by atoms with Crippen molar-refractivity contribution in [3.8, 4) is 5.88 Å². The monoisotopic (exact) mass is 234 g/mol. The molecule has 0 amide bonds. The van der Waals surface area contributed by atoms with Crippen LogP contribution in [0.4, 0.5) is 5.95 Å². The summed E-state index contributed by atoms with van der Waals surface area (Å²) >= 11 is 0. The SMILES string of the molecule is COCCOc1nc(NN)nc2ccccc12. The molecule has 0 aliphatic carbocycles. The molecule has 0 unspecified atom stereocenters. The molecule has 6 heteroatoms. The van der Waals surface area contributed by atoms with E-state index >= 15 is 0 Å². The van der Waals surface area contributed by atoms with Gasteiger partial charge in [0.05, 0.1) is 17.5 Å². The van der Waals surface area contributed by atoms with Gasteiger partial charge in [0.2, 0.25) is 11.8 Å². The fraction of sp³-hybridized carbons (Fsp3) is 0.273. The van der Waals surface area contributed by atoms with E-state index in [4.69, 9.17) is 15.3 Å². The predicted octanol–water partition coefficient (Wildman–Crippen LogP) is 0.941. The predicted molar refractivity (Wildman–Crippen MR) is 64.7 cm³/mol. The molecule has 0 aliphatic heterocycles. The zero-order valence-corrected chi connectivity index (χ0v) is 9.51. The number of rotatable bonds is 5. The average molecular weight is 234 g/mol. The van der Waals surface area contributed by atoms with Crippen molar-refractivity contribution in [1.82, 2.24) is 9.97 Å². The minimum Gasteiger partial charge on any atom is -0.475 e. The van der Waals surface area contributed by atoms with E-state index in [1.165, 1.54) is 0 Å². The Morgan fingerprint density at radius 1 is 1.24 bits per heavy atom. The lowest BCUT2D eigenvalue weighted by molar-refractivity contribution is 0.144. The van der Waals surface area contributed by atoms with Gasteiger partial charge in [0.1, 0.15) is 6.61 Å². The first-order valence-electron chi connectivity index (χ1n) is 5.20. The van der Waals surface area contributed by atoms with Crippen molar-refractivity contribution in [2.24, 2.45) is 5.84 Å². The summed E-state index contributed by atoms with van der Waals surface area (Å²) in [6, 6.07) is 7.58. The summed E-state index contributed by atoms with van der Waals surface area (Å²) in [6.07, 6.45) is 0. The molecule has 90 valence electrons. The summed E-state index contributed by atoms with van der Waals surface area (Å²) in [7, 11) is 1.62. The van der Waals surface area contributed by atoms with Gasteiger partial charge in [-0.2, -0.15) is 4.98 Å². The second-order valence-corrected chi connectivity index (χ2v) is 3.36. The number of nitrogens with zero attached hydrogens (tertiary/aromatic N) is 2. The van der Waals surface area contributed by atoms with Gasteiger partial charge >= 0.3 is 0 Å². The number of benzene rings is 1. The third kappa shape index (κ3) is 2.61. The van der Waals surface area contributed by atoms with Crippen molar-refractivity contribution in [3.63, 3.8) is 0 Å². The molecule has 0 saturated heterocycles. The number of hydrogen-bond acceptors (Lipinski definition) is 6. The number of anilines is 1. The summed E-state index contributed by atoms with van der Waals surface area (Å²) < 4.78 is 10.5. The summed E-state index contributed by atoms with van der Waals surface area (Å²) in [4.78, 5) is 8.39. The second-order valence-electron chi connectivity index (χ2n) is 3.36. The Balaban J connectivity index is 2.36. The molecule has 0 fully saturated rings. The van der Waals surface area contributed by atoms with E-state index in [2.05, 4.69) is 15.4 Å². The van der Waals surface area contributed by atoms with E-state index in [0.717, 1.165) is 10.9 Å². The summed E-state index contributed by atoms with van der Waals surface area (Å²) in [5.41, 5.74) is 3.20. The molecule has 0 aliphatic rings. The number of para-hydroxylation sites is 1. The van der Waals surface area contributed by atoms with Crippen molar-refractivity contribution in [3.05, 3.63) is 24.3 Å². The van der Waals surface area contributed by atoms with Crippen LogP contribution in [0.5, 0.6) is 5.88 Å². The number of hydrazine groups is 1. The Hall–Kier alpha value is -1.92. The Kier molecular flexibility index (Phi) is 3.69. The van der Waals surface area contributed by atoms with Crippen LogP contribution in [0.1, 0.15) is 0 Å². The molecule has 0 bridgehead atoms. The first-order valence-corrected chi connectivity index (χ1v) is 5.20. The van der Waals surface area contributed by atoms with Gasteiger partial charge < -0.3 is 9.47 Å². The molecular formula is C11H14N4O2. The third-order valence-corrected chi connectivity index (χ3v) is 2.22. The number of methoxy groups -OCH3 is 1. The summed E-state index contributed by atoms with van der Waals surface area (Å²) in [5.74, 6) is 6.14. The van der Waals surface area contributed by atoms with Gasteiger partial charge in [0.15, 0.2) is 0 Å². The fourth-order valence-corrected chi connectivity index (χ4v) is 1.44. The average Bonchev–Trinajstić information content (AvgIpc) is 2.38. The smallest absolute Gasteiger partial charge is 0.241 e. The van der Waals surface area contributed by atoms with Crippen molar-refractivity contribution in [2.75, 3.05) is 25.7 Å². The second kappa shape index (κ2) is 5.42. The maximum Gasteiger partial charge on any atom is 0.241 e. The Labute approximate surface area is 98.7 Å². The van der Waals surface area contributed by atoms with Crippen molar-refractivity contribution >= 4 is 16.9 Å². The number of aromatic nitrogens is 2. The minimum atomic E-state index is 0.330. The molecule has 6 nitrogen and oxygen atoms in total. The highest BCUT2D eigenvalue weighted by atomic mass is 16.5. The largest absolute Gasteiger partial charge is 0.475 e.